The highest BCUT2D eigenvalue weighted by molar-refractivity contribution is 9.10. The standard InChI is InChI=1S/C14H17BrN2O2/c1-3-16-10(2)13-8-11(15)4-5-14(13)18-9-12-6-7-17-19-12/h4-8,10,16H,3,9H2,1-2H3. The molecule has 1 aromatic heterocycles. The molecule has 1 atom stereocenters. The first kappa shape index (κ1) is 14.1. The molecule has 0 saturated carbocycles. The molecule has 102 valence electrons. The van der Waals surface area contributed by atoms with E-state index < -0.39 is 0 Å². The first-order valence-electron chi connectivity index (χ1n) is 6.26. The van der Waals surface area contributed by atoms with Crippen LogP contribution >= 0.6 is 15.9 Å². The Balaban J connectivity index is 2.14. The van der Waals surface area contributed by atoms with Crippen molar-refractivity contribution in [2.75, 3.05) is 6.54 Å². The van der Waals surface area contributed by atoms with Crippen LogP contribution in [0.4, 0.5) is 0 Å². The Morgan fingerprint density at radius 3 is 2.95 bits per heavy atom. The second kappa shape index (κ2) is 6.73. The fourth-order valence-electron chi connectivity index (χ4n) is 1.87. The van der Waals surface area contributed by atoms with Crippen molar-refractivity contribution in [2.24, 2.45) is 0 Å². The van der Waals surface area contributed by atoms with Gasteiger partial charge in [-0.3, -0.25) is 0 Å². The van der Waals surface area contributed by atoms with Gasteiger partial charge in [-0.05, 0) is 31.7 Å². The summed E-state index contributed by atoms with van der Waals surface area (Å²) in [6.45, 7) is 5.50. The number of hydrogen-bond acceptors (Lipinski definition) is 4. The number of nitrogens with zero attached hydrogens (tertiary/aromatic N) is 1. The summed E-state index contributed by atoms with van der Waals surface area (Å²) >= 11 is 3.49. The minimum absolute atomic E-state index is 0.229. The van der Waals surface area contributed by atoms with Gasteiger partial charge in [-0.15, -0.1) is 0 Å². The topological polar surface area (TPSA) is 47.3 Å². The van der Waals surface area contributed by atoms with E-state index in [4.69, 9.17) is 9.26 Å². The predicted octanol–water partition coefficient (Wildman–Crippen LogP) is 3.69. The smallest absolute Gasteiger partial charge is 0.174 e. The van der Waals surface area contributed by atoms with Crippen molar-refractivity contribution < 1.29 is 9.26 Å². The van der Waals surface area contributed by atoms with Gasteiger partial charge in [0, 0.05) is 22.1 Å². The molecule has 2 rings (SSSR count). The monoisotopic (exact) mass is 324 g/mol. The van der Waals surface area contributed by atoms with E-state index in [-0.39, 0.29) is 6.04 Å². The largest absolute Gasteiger partial charge is 0.485 e. The molecular formula is C14H17BrN2O2. The molecule has 0 aliphatic carbocycles. The molecule has 1 heterocycles. The molecular weight excluding hydrogens is 308 g/mol. The number of nitrogens with one attached hydrogen (secondary N) is 1. The predicted molar refractivity (Wildman–Crippen MR) is 77.1 cm³/mol. The first-order chi connectivity index (χ1) is 9.20. The lowest BCUT2D eigenvalue weighted by molar-refractivity contribution is 0.246. The molecule has 1 aromatic carbocycles. The van der Waals surface area contributed by atoms with Crippen LogP contribution in [-0.4, -0.2) is 11.7 Å². The van der Waals surface area contributed by atoms with Crippen LogP contribution < -0.4 is 10.1 Å². The first-order valence-corrected chi connectivity index (χ1v) is 7.05. The number of benzene rings is 1. The zero-order chi connectivity index (χ0) is 13.7. The lowest BCUT2D eigenvalue weighted by Gasteiger charge is -2.17. The number of ether oxygens (including phenoxy) is 1. The quantitative estimate of drug-likeness (QED) is 0.880. The molecule has 2 aromatic rings. The van der Waals surface area contributed by atoms with Crippen LogP contribution in [0.5, 0.6) is 5.75 Å². The van der Waals surface area contributed by atoms with Gasteiger partial charge in [0.25, 0.3) is 0 Å². The highest BCUT2D eigenvalue weighted by atomic mass is 79.9. The molecule has 4 nitrogen and oxygen atoms in total. The second-order valence-corrected chi connectivity index (χ2v) is 5.14. The third kappa shape index (κ3) is 3.81. The third-order valence-electron chi connectivity index (χ3n) is 2.81. The van der Waals surface area contributed by atoms with Gasteiger partial charge in [0.15, 0.2) is 5.76 Å². The number of rotatable bonds is 6. The fourth-order valence-corrected chi connectivity index (χ4v) is 2.25. The summed E-state index contributed by atoms with van der Waals surface area (Å²) in [5, 5.41) is 7.05. The summed E-state index contributed by atoms with van der Waals surface area (Å²) in [5.74, 6) is 1.57. The minimum Gasteiger partial charge on any atom is -0.485 e. The van der Waals surface area contributed by atoms with E-state index in [1.54, 1.807) is 12.3 Å². The van der Waals surface area contributed by atoms with Gasteiger partial charge >= 0.3 is 0 Å². The van der Waals surface area contributed by atoms with Crippen molar-refractivity contribution in [3.8, 4) is 5.75 Å². The van der Waals surface area contributed by atoms with E-state index in [0.717, 1.165) is 22.3 Å². The molecule has 0 spiro atoms. The molecule has 0 aliphatic heterocycles. The number of hydrogen-bond donors (Lipinski definition) is 1. The van der Waals surface area contributed by atoms with E-state index in [2.05, 4.69) is 46.3 Å². The molecule has 1 unspecified atom stereocenters. The molecule has 0 saturated heterocycles. The molecule has 19 heavy (non-hydrogen) atoms. The van der Waals surface area contributed by atoms with Crippen molar-refractivity contribution in [1.82, 2.24) is 10.5 Å². The van der Waals surface area contributed by atoms with Crippen LogP contribution in [0, 0.1) is 0 Å². The van der Waals surface area contributed by atoms with E-state index >= 15 is 0 Å². The van der Waals surface area contributed by atoms with Gasteiger partial charge in [0.1, 0.15) is 12.4 Å². The van der Waals surface area contributed by atoms with Crippen LogP contribution in [0.1, 0.15) is 31.2 Å². The summed E-state index contributed by atoms with van der Waals surface area (Å²) < 4.78 is 11.9. The lowest BCUT2D eigenvalue weighted by Crippen LogP contribution is -2.18. The molecule has 0 aliphatic rings. The maximum absolute atomic E-state index is 5.81. The lowest BCUT2D eigenvalue weighted by atomic mass is 10.1. The molecule has 1 N–H and O–H groups in total. The van der Waals surface area contributed by atoms with Gasteiger partial charge in [0.2, 0.25) is 0 Å². The molecule has 5 heteroatoms. The van der Waals surface area contributed by atoms with Crippen molar-refractivity contribution in [1.29, 1.82) is 0 Å². The van der Waals surface area contributed by atoms with Crippen LogP contribution in [0.25, 0.3) is 0 Å². The summed E-state index contributed by atoms with van der Waals surface area (Å²) in [6, 6.07) is 8.03. The van der Waals surface area contributed by atoms with E-state index in [1.165, 1.54) is 0 Å². The van der Waals surface area contributed by atoms with Crippen LogP contribution in [0.3, 0.4) is 0 Å². The minimum atomic E-state index is 0.229. The van der Waals surface area contributed by atoms with Gasteiger partial charge in [0.05, 0.1) is 6.20 Å². The van der Waals surface area contributed by atoms with Crippen molar-refractivity contribution in [3.05, 3.63) is 46.3 Å². The number of halogens is 1. The van der Waals surface area contributed by atoms with Gasteiger partial charge in [-0.2, -0.15) is 0 Å². The fraction of sp³-hybridized carbons (Fsp3) is 0.357. The Labute approximate surface area is 121 Å². The van der Waals surface area contributed by atoms with Crippen molar-refractivity contribution in [2.45, 2.75) is 26.5 Å². The normalized spacial score (nSPS) is 12.4. The van der Waals surface area contributed by atoms with Crippen LogP contribution in [0.15, 0.2) is 39.5 Å². The van der Waals surface area contributed by atoms with E-state index in [0.29, 0.717) is 12.4 Å². The maximum Gasteiger partial charge on any atom is 0.174 e. The second-order valence-electron chi connectivity index (χ2n) is 4.23. The molecule has 0 amide bonds. The van der Waals surface area contributed by atoms with Gasteiger partial charge in [-0.1, -0.05) is 28.0 Å². The van der Waals surface area contributed by atoms with Crippen molar-refractivity contribution >= 4 is 15.9 Å². The summed E-state index contributed by atoms with van der Waals surface area (Å²) in [6.07, 6.45) is 1.61. The Morgan fingerprint density at radius 2 is 2.26 bits per heavy atom. The zero-order valence-electron chi connectivity index (χ0n) is 11.0. The number of aromatic nitrogens is 1. The molecule has 0 radical (unpaired) electrons. The average molecular weight is 325 g/mol. The SMILES string of the molecule is CCNC(C)c1cc(Br)ccc1OCc1ccno1. The zero-order valence-corrected chi connectivity index (χ0v) is 12.6. The van der Waals surface area contributed by atoms with Crippen LogP contribution in [-0.2, 0) is 6.61 Å². The average Bonchev–Trinajstić information content (AvgIpc) is 2.90. The Morgan fingerprint density at radius 1 is 1.42 bits per heavy atom. The maximum atomic E-state index is 5.81. The van der Waals surface area contributed by atoms with Gasteiger partial charge in [-0.25, -0.2) is 0 Å². The summed E-state index contributed by atoms with van der Waals surface area (Å²) in [7, 11) is 0. The van der Waals surface area contributed by atoms with Gasteiger partial charge < -0.3 is 14.6 Å². The van der Waals surface area contributed by atoms with Crippen LogP contribution in [0.2, 0.25) is 0 Å². The van der Waals surface area contributed by atoms with Crippen molar-refractivity contribution in [3.63, 3.8) is 0 Å². The Bertz CT molecular complexity index is 514. The Kier molecular flexibility index (Phi) is 4.99. The van der Waals surface area contributed by atoms with E-state index in [9.17, 15) is 0 Å². The highest BCUT2D eigenvalue weighted by Crippen LogP contribution is 2.29. The van der Waals surface area contributed by atoms with E-state index in [1.807, 2.05) is 12.1 Å². The summed E-state index contributed by atoms with van der Waals surface area (Å²) in [5.41, 5.74) is 1.12. The highest BCUT2D eigenvalue weighted by Gasteiger charge is 2.12. The molecule has 0 bridgehead atoms. The Hall–Kier alpha value is -1.33. The summed E-state index contributed by atoms with van der Waals surface area (Å²) in [4.78, 5) is 0. The molecule has 0 fully saturated rings. The third-order valence-corrected chi connectivity index (χ3v) is 3.30.